The summed E-state index contributed by atoms with van der Waals surface area (Å²) >= 11 is 0. The highest BCUT2D eigenvalue weighted by Gasteiger charge is 2.18. The van der Waals surface area contributed by atoms with Crippen LogP contribution >= 0.6 is 0 Å². The number of amides is 2. The van der Waals surface area contributed by atoms with Crippen LogP contribution in [-0.4, -0.2) is 27.1 Å². The van der Waals surface area contributed by atoms with Crippen molar-refractivity contribution in [1.29, 1.82) is 0 Å². The van der Waals surface area contributed by atoms with Crippen molar-refractivity contribution in [3.05, 3.63) is 35.3 Å². The number of aromatic amines is 1. The number of hydrogen-bond donors (Lipinski definition) is 4. The monoisotopic (exact) mass is 292 g/mol. The Morgan fingerprint density at radius 1 is 1.43 bits per heavy atom. The molecule has 2 amide bonds. The van der Waals surface area contributed by atoms with Gasteiger partial charge < -0.3 is 25.1 Å². The molecular weight excluding hydrogens is 276 g/mol. The van der Waals surface area contributed by atoms with Crippen LogP contribution in [0.25, 0.3) is 0 Å². The van der Waals surface area contributed by atoms with Crippen molar-refractivity contribution in [2.24, 2.45) is 0 Å². The van der Waals surface area contributed by atoms with Crippen molar-refractivity contribution in [3.8, 4) is 0 Å². The average Bonchev–Trinajstić information content (AvgIpc) is 2.95. The zero-order chi connectivity index (χ0) is 15.6. The number of aromatic carboxylic acids is 1. The van der Waals surface area contributed by atoms with Crippen LogP contribution in [0.2, 0.25) is 0 Å². The molecule has 2 aromatic rings. The summed E-state index contributed by atoms with van der Waals surface area (Å²) in [5.41, 5.74) is 0.773. The molecule has 1 atom stereocenters. The molecule has 0 aliphatic carbocycles. The lowest BCUT2D eigenvalue weighted by molar-refractivity contribution is 0.0692. The van der Waals surface area contributed by atoms with Crippen molar-refractivity contribution in [1.82, 2.24) is 15.3 Å². The maximum Gasteiger partial charge on any atom is 0.354 e. The molecule has 0 bridgehead atoms. The Labute approximate surface area is 120 Å². The Morgan fingerprint density at radius 3 is 2.71 bits per heavy atom. The molecule has 0 aromatic carbocycles. The van der Waals surface area contributed by atoms with Gasteiger partial charge in [0.2, 0.25) is 5.89 Å². The SMILES string of the molecule is Cc1cc(NC(=O)NC(C)c2ncc(C)o2)c(C(=O)O)[nH]1. The summed E-state index contributed by atoms with van der Waals surface area (Å²) in [4.78, 5) is 29.6. The first-order chi connectivity index (χ1) is 9.86. The van der Waals surface area contributed by atoms with E-state index in [2.05, 4.69) is 20.6 Å². The highest BCUT2D eigenvalue weighted by molar-refractivity contribution is 5.99. The molecule has 2 aromatic heterocycles. The number of H-pyrrole nitrogens is 1. The number of carbonyl (C=O) groups is 2. The van der Waals surface area contributed by atoms with Gasteiger partial charge in [0.25, 0.3) is 0 Å². The van der Waals surface area contributed by atoms with Crippen LogP contribution in [-0.2, 0) is 0 Å². The molecule has 2 heterocycles. The molecule has 4 N–H and O–H groups in total. The van der Waals surface area contributed by atoms with E-state index >= 15 is 0 Å². The second kappa shape index (κ2) is 5.70. The van der Waals surface area contributed by atoms with Crippen molar-refractivity contribution >= 4 is 17.7 Å². The fourth-order valence-corrected chi connectivity index (χ4v) is 1.85. The molecule has 0 radical (unpaired) electrons. The number of oxazole rings is 1. The topological polar surface area (TPSA) is 120 Å². The number of carbonyl (C=O) groups excluding carboxylic acids is 1. The number of anilines is 1. The molecule has 112 valence electrons. The van der Waals surface area contributed by atoms with E-state index in [1.165, 1.54) is 0 Å². The van der Waals surface area contributed by atoms with E-state index < -0.39 is 18.0 Å². The fraction of sp³-hybridized carbons (Fsp3) is 0.308. The number of urea groups is 1. The van der Waals surface area contributed by atoms with E-state index in [0.717, 1.165) is 0 Å². The van der Waals surface area contributed by atoms with Crippen LogP contribution in [0.5, 0.6) is 0 Å². The van der Waals surface area contributed by atoms with Crippen LogP contribution in [0.1, 0.15) is 40.8 Å². The van der Waals surface area contributed by atoms with Gasteiger partial charge in [0, 0.05) is 5.69 Å². The summed E-state index contributed by atoms with van der Waals surface area (Å²) in [6.45, 7) is 5.17. The van der Waals surface area contributed by atoms with Gasteiger partial charge in [0.05, 0.1) is 11.9 Å². The molecule has 1 unspecified atom stereocenters. The van der Waals surface area contributed by atoms with Crippen LogP contribution in [0.3, 0.4) is 0 Å². The number of aromatic nitrogens is 2. The Morgan fingerprint density at radius 2 is 2.14 bits per heavy atom. The summed E-state index contributed by atoms with van der Waals surface area (Å²) in [5, 5.41) is 14.1. The summed E-state index contributed by atoms with van der Waals surface area (Å²) in [6.07, 6.45) is 1.56. The standard InChI is InChI=1S/C13H16N4O4/c1-6-4-9(10(15-6)12(18)19)17-13(20)16-8(3)11-14-5-7(2)21-11/h4-5,8,15H,1-3H3,(H,18,19)(H2,16,17,20). The van der Waals surface area contributed by atoms with Crippen molar-refractivity contribution < 1.29 is 19.1 Å². The quantitative estimate of drug-likeness (QED) is 0.688. The maximum absolute atomic E-state index is 11.9. The first-order valence-electron chi connectivity index (χ1n) is 6.29. The zero-order valence-electron chi connectivity index (χ0n) is 11.9. The average molecular weight is 292 g/mol. The van der Waals surface area contributed by atoms with Crippen LogP contribution in [0.15, 0.2) is 16.7 Å². The minimum Gasteiger partial charge on any atom is -0.477 e. The lowest BCUT2D eigenvalue weighted by atomic mass is 10.3. The molecule has 0 spiro atoms. The highest BCUT2D eigenvalue weighted by atomic mass is 16.4. The van der Waals surface area contributed by atoms with E-state index in [9.17, 15) is 9.59 Å². The van der Waals surface area contributed by atoms with Gasteiger partial charge in [-0.2, -0.15) is 0 Å². The largest absolute Gasteiger partial charge is 0.477 e. The second-order valence-corrected chi connectivity index (χ2v) is 4.68. The van der Waals surface area contributed by atoms with Gasteiger partial charge in [-0.3, -0.25) is 0 Å². The molecule has 0 aliphatic rings. The predicted molar refractivity (Wildman–Crippen MR) is 74.3 cm³/mol. The Kier molecular flexibility index (Phi) is 3.97. The van der Waals surface area contributed by atoms with E-state index in [0.29, 0.717) is 17.3 Å². The van der Waals surface area contributed by atoms with Gasteiger partial charge in [-0.1, -0.05) is 0 Å². The lowest BCUT2D eigenvalue weighted by Crippen LogP contribution is -2.31. The molecule has 0 saturated carbocycles. The molecule has 0 fully saturated rings. The number of aryl methyl sites for hydroxylation is 2. The third kappa shape index (κ3) is 3.41. The molecule has 8 nitrogen and oxygen atoms in total. The highest BCUT2D eigenvalue weighted by Crippen LogP contribution is 2.17. The van der Waals surface area contributed by atoms with Gasteiger partial charge >= 0.3 is 12.0 Å². The van der Waals surface area contributed by atoms with E-state index in [-0.39, 0.29) is 11.4 Å². The van der Waals surface area contributed by atoms with Gasteiger partial charge in [0.15, 0.2) is 0 Å². The maximum atomic E-state index is 11.9. The summed E-state index contributed by atoms with van der Waals surface area (Å²) in [5.74, 6) is -0.116. The third-order valence-corrected chi connectivity index (χ3v) is 2.77. The number of rotatable bonds is 4. The smallest absolute Gasteiger partial charge is 0.354 e. The van der Waals surface area contributed by atoms with Gasteiger partial charge in [0.1, 0.15) is 17.5 Å². The van der Waals surface area contributed by atoms with Crippen LogP contribution < -0.4 is 10.6 Å². The molecule has 21 heavy (non-hydrogen) atoms. The lowest BCUT2D eigenvalue weighted by Gasteiger charge is -2.11. The van der Waals surface area contributed by atoms with Crippen LogP contribution in [0.4, 0.5) is 10.5 Å². The summed E-state index contributed by atoms with van der Waals surface area (Å²) in [6, 6.07) is 0.565. The second-order valence-electron chi connectivity index (χ2n) is 4.68. The molecular formula is C13H16N4O4. The number of nitrogens with one attached hydrogen (secondary N) is 3. The Hall–Kier alpha value is -2.77. The minimum atomic E-state index is -1.14. The van der Waals surface area contributed by atoms with Crippen molar-refractivity contribution in [2.75, 3.05) is 5.32 Å². The van der Waals surface area contributed by atoms with Crippen molar-refractivity contribution in [2.45, 2.75) is 26.8 Å². The number of hydrogen-bond acceptors (Lipinski definition) is 4. The molecule has 0 aliphatic heterocycles. The number of nitrogens with zero attached hydrogens (tertiary/aromatic N) is 1. The van der Waals surface area contributed by atoms with E-state index in [4.69, 9.17) is 9.52 Å². The molecule has 8 heteroatoms. The fourth-order valence-electron chi connectivity index (χ4n) is 1.85. The third-order valence-electron chi connectivity index (χ3n) is 2.77. The minimum absolute atomic E-state index is 0.0673. The van der Waals surface area contributed by atoms with Gasteiger partial charge in [-0.25, -0.2) is 14.6 Å². The predicted octanol–water partition coefficient (Wildman–Crippen LogP) is 2.20. The Balaban J connectivity index is 2.03. The normalized spacial score (nSPS) is 12.0. The van der Waals surface area contributed by atoms with Crippen molar-refractivity contribution in [3.63, 3.8) is 0 Å². The van der Waals surface area contributed by atoms with Gasteiger partial charge in [-0.05, 0) is 26.8 Å². The summed E-state index contributed by atoms with van der Waals surface area (Å²) in [7, 11) is 0. The van der Waals surface area contributed by atoms with E-state index in [1.54, 1.807) is 33.0 Å². The number of carboxylic acids is 1. The zero-order valence-corrected chi connectivity index (χ0v) is 11.9. The molecule has 0 saturated heterocycles. The number of carboxylic acid groups (broad SMARTS) is 1. The first-order valence-corrected chi connectivity index (χ1v) is 6.29. The van der Waals surface area contributed by atoms with Gasteiger partial charge in [-0.15, -0.1) is 0 Å². The summed E-state index contributed by atoms with van der Waals surface area (Å²) < 4.78 is 5.31. The van der Waals surface area contributed by atoms with E-state index in [1.807, 2.05) is 0 Å². The van der Waals surface area contributed by atoms with Crippen LogP contribution in [0, 0.1) is 13.8 Å². The molecule has 2 rings (SSSR count). The first kappa shape index (κ1) is 14.6. The Bertz CT molecular complexity index is 674.